The van der Waals surface area contributed by atoms with Gasteiger partial charge in [-0.05, 0) is 29.7 Å². The lowest BCUT2D eigenvalue weighted by Crippen LogP contribution is -2.25. The zero-order valence-corrected chi connectivity index (χ0v) is 12.6. The zero-order chi connectivity index (χ0) is 15.4. The van der Waals surface area contributed by atoms with Crippen LogP contribution in [0.2, 0.25) is 0 Å². The Balaban J connectivity index is 1.71. The third-order valence-electron chi connectivity index (χ3n) is 3.29. The number of amides is 1. The van der Waals surface area contributed by atoms with Gasteiger partial charge in [0.25, 0.3) is 5.91 Å². The first-order chi connectivity index (χ1) is 10.7. The Morgan fingerprint density at radius 3 is 2.77 bits per heavy atom. The highest BCUT2D eigenvalue weighted by atomic mass is 32.1. The highest BCUT2D eigenvalue weighted by Crippen LogP contribution is 2.14. The number of hydrogen-bond donors (Lipinski definition) is 1. The van der Waals surface area contributed by atoms with Crippen LogP contribution in [0.1, 0.15) is 15.4 Å². The summed E-state index contributed by atoms with van der Waals surface area (Å²) in [5, 5.41) is 4.28. The van der Waals surface area contributed by atoms with E-state index in [9.17, 15) is 9.59 Å². The van der Waals surface area contributed by atoms with Gasteiger partial charge in [-0.1, -0.05) is 35.6 Å². The largest absolute Gasteiger partial charge is 0.351 e. The molecule has 0 saturated heterocycles. The first kappa shape index (κ1) is 14.4. The minimum Gasteiger partial charge on any atom is -0.351 e. The molecule has 3 rings (SSSR count). The lowest BCUT2D eigenvalue weighted by Gasteiger charge is -2.05. The molecule has 0 saturated carbocycles. The molecule has 1 amide bonds. The minimum atomic E-state index is -0.219. The van der Waals surface area contributed by atoms with Crippen LogP contribution in [0.15, 0.2) is 59.5 Å². The molecule has 0 atom stereocenters. The average Bonchev–Trinajstić information content (AvgIpc) is 2.56. The fourth-order valence-electron chi connectivity index (χ4n) is 2.18. The summed E-state index contributed by atoms with van der Waals surface area (Å²) in [6.45, 7) is 0.490. The highest BCUT2D eigenvalue weighted by Gasteiger charge is 2.09. The number of pyridine rings is 1. The van der Waals surface area contributed by atoms with Crippen LogP contribution in [0.25, 0.3) is 10.8 Å². The van der Waals surface area contributed by atoms with E-state index in [2.05, 4.69) is 10.3 Å². The molecule has 0 fully saturated rings. The van der Waals surface area contributed by atoms with Crippen molar-refractivity contribution in [3.05, 3.63) is 74.8 Å². The Morgan fingerprint density at radius 2 is 1.95 bits per heavy atom. The molecule has 0 bridgehead atoms. The summed E-state index contributed by atoms with van der Waals surface area (Å²) in [5.74, 6) is -0.219. The van der Waals surface area contributed by atoms with E-state index in [1.807, 2.05) is 36.4 Å². The molecule has 2 aromatic heterocycles. The highest BCUT2D eigenvalue weighted by molar-refractivity contribution is 7.12. The Hall–Kier alpha value is -2.53. The molecule has 1 aromatic carbocycles. The lowest BCUT2D eigenvalue weighted by atomic mass is 10.2. The normalized spacial score (nSPS) is 10.5. The number of carbonyl (C=O) groups is 1. The Labute approximate surface area is 131 Å². The smallest absolute Gasteiger partial charge is 0.261 e. The Bertz CT molecular complexity index is 859. The van der Waals surface area contributed by atoms with Crippen molar-refractivity contribution in [3.63, 3.8) is 0 Å². The molecular formula is C17H14N2O2S. The van der Waals surface area contributed by atoms with Gasteiger partial charge in [-0.3, -0.25) is 14.6 Å². The van der Waals surface area contributed by atoms with E-state index in [0.29, 0.717) is 23.2 Å². The van der Waals surface area contributed by atoms with Gasteiger partial charge >= 0.3 is 0 Å². The fraction of sp³-hybridized carbons (Fsp3) is 0.118. The van der Waals surface area contributed by atoms with Crippen molar-refractivity contribution in [1.82, 2.24) is 10.3 Å². The van der Waals surface area contributed by atoms with E-state index in [0.717, 1.165) is 22.4 Å². The summed E-state index contributed by atoms with van der Waals surface area (Å²) in [5.41, 5.74) is 0.925. The van der Waals surface area contributed by atoms with Gasteiger partial charge in [-0.15, -0.1) is 0 Å². The second kappa shape index (κ2) is 6.49. The maximum absolute atomic E-state index is 12.2. The number of hydrogen-bond acceptors (Lipinski definition) is 4. The SMILES string of the molecule is O=C(NCCc1ccccn1)c1cc2ccccc2c(=O)s1. The number of carbonyl (C=O) groups excluding carboxylic acids is 1. The number of nitrogens with one attached hydrogen (secondary N) is 1. The second-order valence-electron chi connectivity index (χ2n) is 4.81. The van der Waals surface area contributed by atoms with Gasteiger partial charge in [0, 0.05) is 30.2 Å². The van der Waals surface area contributed by atoms with Gasteiger partial charge in [0.15, 0.2) is 0 Å². The predicted molar refractivity (Wildman–Crippen MR) is 88.4 cm³/mol. The standard InChI is InChI=1S/C17H14N2O2S/c20-16(19-10-8-13-6-3-4-9-18-13)15-11-12-5-1-2-7-14(12)17(21)22-15/h1-7,9,11H,8,10H2,(H,19,20). The number of benzene rings is 1. The fourth-order valence-corrected chi connectivity index (χ4v) is 3.03. The number of rotatable bonds is 4. The molecule has 0 aliphatic rings. The Morgan fingerprint density at radius 1 is 1.14 bits per heavy atom. The van der Waals surface area contributed by atoms with Crippen molar-refractivity contribution in [2.75, 3.05) is 6.54 Å². The van der Waals surface area contributed by atoms with Gasteiger partial charge < -0.3 is 5.32 Å². The summed E-state index contributed by atoms with van der Waals surface area (Å²) in [4.78, 5) is 28.8. The van der Waals surface area contributed by atoms with E-state index < -0.39 is 0 Å². The van der Waals surface area contributed by atoms with Crippen molar-refractivity contribution in [3.8, 4) is 0 Å². The summed E-state index contributed by atoms with van der Waals surface area (Å²) < 4.78 is -0.0898. The molecule has 22 heavy (non-hydrogen) atoms. The maximum atomic E-state index is 12.2. The number of fused-ring (bicyclic) bond motifs is 1. The molecule has 5 heteroatoms. The molecule has 3 aromatic rings. The van der Waals surface area contributed by atoms with Gasteiger partial charge in [0.1, 0.15) is 0 Å². The van der Waals surface area contributed by atoms with E-state index >= 15 is 0 Å². The predicted octanol–water partition coefficient (Wildman–Crippen LogP) is 2.63. The number of aromatic nitrogens is 1. The summed E-state index contributed by atoms with van der Waals surface area (Å²) in [6, 6.07) is 14.7. The van der Waals surface area contributed by atoms with Crippen LogP contribution in [0.3, 0.4) is 0 Å². The van der Waals surface area contributed by atoms with Gasteiger partial charge in [0.05, 0.1) is 4.88 Å². The Kier molecular flexibility index (Phi) is 4.25. The monoisotopic (exact) mass is 310 g/mol. The van der Waals surface area contributed by atoms with Crippen LogP contribution in [-0.4, -0.2) is 17.4 Å². The van der Waals surface area contributed by atoms with Gasteiger partial charge in [-0.2, -0.15) is 0 Å². The first-order valence-electron chi connectivity index (χ1n) is 6.95. The van der Waals surface area contributed by atoms with E-state index in [1.54, 1.807) is 18.3 Å². The molecule has 0 spiro atoms. The molecule has 4 nitrogen and oxygen atoms in total. The topological polar surface area (TPSA) is 59.1 Å². The maximum Gasteiger partial charge on any atom is 0.261 e. The van der Waals surface area contributed by atoms with E-state index in [1.165, 1.54) is 0 Å². The molecule has 110 valence electrons. The van der Waals surface area contributed by atoms with Crippen LogP contribution in [0.4, 0.5) is 0 Å². The minimum absolute atomic E-state index is 0.0898. The van der Waals surface area contributed by atoms with Crippen LogP contribution < -0.4 is 10.1 Å². The third-order valence-corrected chi connectivity index (χ3v) is 4.22. The molecule has 0 aliphatic carbocycles. The molecular weight excluding hydrogens is 296 g/mol. The second-order valence-corrected chi connectivity index (χ2v) is 5.83. The number of nitrogens with zero attached hydrogens (tertiary/aromatic N) is 1. The van der Waals surface area contributed by atoms with Crippen molar-refractivity contribution < 1.29 is 4.79 Å². The molecule has 2 heterocycles. The summed E-state index contributed by atoms with van der Waals surface area (Å²) >= 11 is 0.978. The van der Waals surface area contributed by atoms with Gasteiger partial charge in [0.2, 0.25) is 4.74 Å². The van der Waals surface area contributed by atoms with Crippen LogP contribution in [-0.2, 0) is 6.42 Å². The summed E-state index contributed by atoms with van der Waals surface area (Å²) in [6.07, 6.45) is 2.39. The van der Waals surface area contributed by atoms with E-state index in [4.69, 9.17) is 0 Å². The van der Waals surface area contributed by atoms with Crippen molar-refractivity contribution in [2.24, 2.45) is 0 Å². The summed E-state index contributed by atoms with van der Waals surface area (Å²) in [7, 11) is 0. The molecule has 0 aliphatic heterocycles. The zero-order valence-electron chi connectivity index (χ0n) is 11.8. The van der Waals surface area contributed by atoms with Crippen molar-refractivity contribution >= 4 is 28.0 Å². The average molecular weight is 310 g/mol. The van der Waals surface area contributed by atoms with Crippen molar-refractivity contribution in [1.29, 1.82) is 0 Å². The molecule has 0 unspecified atom stereocenters. The van der Waals surface area contributed by atoms with Crippen LogP contribution in [0.5, 0.6) is 0 Å². The van der Waals surface area contributed by atoms with Gasteiger partial charge in [-0.25, -0.2) is 0 Å². The van der Waals surface area contributed by atoms with E-state index in [-0.39, 0.29) is 10.6 Å². The third kappa shape index (κ3) is 3.20. The van der Waals surface area contributed by atoms with Crippen molar-refractivity contribution in [2.45, 2.75) is 6.42 Å². The molecule has 0 radical (unpaired) electrons. The van der Waals surface area contributed by atoms with Crippen LogP contribution in [0, 0.1) is 0 Å². The lowest BCUT2D eigenvalue weighted by molar-refractivity contribution is 0.0958. The van der Waals surface area contributed by atoms with Crippen LogP contribution >= 0.6 is 11.3 Å². The quantitative estimate of drug-likeness (QED) is 0.806. The molecule has 1 N–H and O–H groups in total. The first-order valence-corrected chi connectivity index (χ1v) is 7.77.